The van der Waals surface area contributed by atoms with Gasteiger partial charge in [-0.25, -0.2) is 4.79 Å². The molecule has 2 N–H and O–H groups in total. The number of fused-ring (bicyclic) bond motifs is 2. The Kier molecular flexibility index (Phi) is 8.41. The van der Waals surface area contributed by atoms with Crippen molar-refractivity contribution >= 4 is 6.09 Å². The molecule has 3 aliphatic heterocycles. The third kappa shape index (κ3) is 5.85. The van der Waals surface area contributed by atoms with E-state index in [4.69, 9.17) is 14.5 Å². The third-order valence-corrected chi connectivity index (χ3v) is 8.75. The number of carbonyl (C=O) groups excluding carboxylic acids is 1. The Labute approximate surface area is 239 Å². The van der Waals surface area contributed by atoms with Gasteiger partial charge in [0.2, 0.25) is 0 Å². The molecule has 4 atom stereocenters. The summed E-state index contributed by atoms with van der Waals surface area (Å²) in [4.78, 5) is 22.6. The van der Waals surface area contributed by atoms with E-state index in [1.165, 1.54) is 5.56 Å². The van der Waals surface area contributed by atoms with Gasteiger partial charge < -0.3 is 24.8 Å². The van der Waals surface area contributed by atoms with Crippen LogP contribution in [0.2, 0.25) is 0 Å². The number of nitrogens with one attached hydrogen (secondary N) is 1. The van der Waals surface area contributed by atoms with E-state index in [1.54, 1.807) is 4.90 Å². The largest absolute Gasteiger partial charge is 0.493 e. The number of hydrogen-bond acceptors (Lipinski definition) is 7. The number of piperidine rings is 1. The van der Waals surface area contributed by atoms with Gasteiger partial charge in [-0.2, -0.15) is 0 Å². The summed E-state index contributed by atoms with van der Waals surface area (Å²) in [7, 11) is 0. The first-order chi connectivity index (χ1) is 19.1. The lowest BCUT2D eigenvalue weighted by molar-refractivity contribution is 0.0148. The van der Waals surface area contributed by atoms with E-state index >= 15 is 0 Å². The van der Waals surface area contributed by atoms with E-state index in [0.717, 1.165) is 55.2 Å². The highest BCUT2D eigenvalue weighted by Crippen LogP contribution is 2.45. The number of pyridine rings is 1. The number of nitrogens with zero attached hydrogens (tertiary/aromatic N) is 3. The predicted molar refractivity (Wildman–Crippen MR) is 156 cm³/mol. The van der Waals surface area contributed by atoms with Gasteiger partial charge >= 0.3 is 6.09 Å². The van der Waals surface area contributed by atoms with Crippen molar-refractivity contribution < 1.29 is 19.4 Å². The summed E-state index contributed by atoms with van der Waals surface area (Å²) >= 11 is 0. The lowest BCUT2D eigenvalue weighted by Crippen LogP contribution is -2.58. The Morgan fingerprint density at radius 1 is 1.20 bits per heavy atom. The van der Waals surface area contributed by atoms with Gasteiger partial charge in [-0.15, -0.1) is 0 Å². The van der Waals surface area contributed by atoms with Gasteiger partial charge in [0.05, 0.1) is 36.7 Å². The van der Waals surface area contributed by atoms with Gasteiger partial charge in [0.1, 0.15) is 11.4 Å². The summed E-state index contributed by atoms with van der Waals surface area (Å²) in [6, 6.07) is 12.5. The first-order valence-corrected chi connectivity index (χ1v) is 15.0. The minimum atomic E-state index is -0.579. The Bertz CT molecular complexity index is 1200. The van der Waals surface area contributed by atoms with Crippen molar-refractivity contribution in [2.24, 2.45) is 5.92 Å². The molecule has 0 saturated carbocycles. The number of aromatic nitrogens is 1. The first-order valence-electron chi connectivity index (χ1n) is 15.0. The number of rotatable bonds is 6. The second-order valence-corrected chi connectivity index (χ2v) is 12.7. The van der Waals surface area contributed by atoms with Crippen LogP contribution in [0.1, 0.15) is 65.1 Å². The van der Waals surface area contributed by atoms with Crippen molar-refractivity contribution in [3.05, 3.63) is 47.7 Å². The fraction of sp³-hybridized carbons (Fsp3) is 0.625. The highest BCUT2D eigenvalue weighted by Gasteiger charge is 2.48. The number of carbonyl (C=O) groups is 1. The highest BCUT2D eigenvalue weighted by atomic mass is 16.6. The number of aliphatic hydroxyl groups is 1. The number of amides is 1. The summed E-state index contributed by atoms with van der Waals surface area (Å²) in [5.74, 6) is 1.34. The van der Waals surface area contributed by atoms with Crippen molar-refractivity contribution in [3.8, 4) is 17.0 Å². The molecule has 5 rings (SSSR count). The van der Waals surface area contributed by atoms with Crippen LogP contribution < -0.4 is 10.1 Å². The Morgan fingerprint density at radius 2 is 2.00 bits per heavy atom. The molecule has 0 aliphatic carbocycles. The van der Waals surface area contributed by atoms with Crippen LogP contribution in [0.15, 0.2) is 36.4 Å². The fourth-order valence-electron chi connectivity index (χ4n) is 7.06. The van der Waals surface area contributed by atoms with Gasteiger partial charge in [-0.1, -0.05) is 31.5 Å². The number of likely N-dealkylation sites (tertiary alicyclic amines) is 1. The second kappa shape index (κ2) is 11.7. The smallest absolute Gasteiger partial charge is 0.410 e. The van der Waals surface area contributed by atoms with Crippen LogP contribution in [0.25, 0.3) is 11.3 Å². The van der Waals surface area contributed by atoms with Crippen LogP contribution in [-0.2, 0) is 16.7 Å². The van der Waals surface area contributed by atoms with E-state index in [2.05, 4.69) is 35.3 Å². The molecule has 2 aromatic rings. The van der Waals surface area contributed by atoms with E-state index in [-0.39, 0.29) is 17.6 Å². The van der Waals surface area contributed by atoms with Crippen molar-refractivity contribution in [2.45, 2.75) is 83.6 Å². The van der Waals surface area contributed by atoms with Crippen molar-refractivity contribution in [2.75, 3.05) is 39.3 Å². The maximum atomic E-state index is 13.1. The van der Waals surface area contributed by atoms with Crippen LogP contribution >= 0.6 is 0 Å². The van der Waals surface area contributed by atoms with E-state index in [1.807, 2.05) is 45.9 Å². The van der Waals surface area contributed by atoms with Crippen LogP contribution in [0.5, 0.6) is 5.75 Å². The lowest BCUT2D eigenvalue weighted by atomic mass is 9.63. The van der Waals surface area contributed by atoms with Gasteiger partial charge in [0.15, 0.2) is 0 Å². The monoisotopic (exact) mass is 550 g/mol. The molecule has 3 aliphatic rings. The zero-order valence-electron chi connectivity index (χ0n) is 24.8. The van der Waals surface area contributed by atoms with Gasteiger partial charge in [0.25, 0.3) is 0 Å². The fourth-order valence-corrected chi connectivity index (χ4v) is 7.06. The predicted octanol–water partition coefficient (Wildman–Crippen LogP) is 4.59. The van der Waals surface area contributed by atoms with Gasteiger partial charge in [-0.3, -0.25) is 9.88 Å². The molecule has 2 fully saturated rings. The summed E-state index contributed by atoms with van der Waals surface area (Å²) in [6.07, 6.45) is 1.81. The standard InChI is InChI=1S/C32H46N4O4/c1-6-22-17-33-15-14-32(22)21-35(18-23-16-24(37)19-36(23)30(38)40-31(3,4)5)20-28-26(32)12-13-27(34-28)25-10-8-9-11-29(25)39-7-2/h8-13,22-24,33,37H,6-7,14-21H2,1-5H3/t22-,23-,24+,32+/m1/s1. The molecule has 1 aromatic carbocycles. The average Bonchev–Trinajstić information content (AvgIpc) is 3.28. The molecule has 2 saturated heterocycles. The number of hydrogen-bond donors (Lipinski definition) is 2. The number of ether oxygens (including phenoxy) is 2. The maximum absolute atomic E-state index is 13.1. The highest BCUT2D eigenvalue weighted by molar-refractivity contribution is 5.69. The van der Waals surface area contributed by atoms with Crippen LogP contribution in [0.4, 0.5) is 4.79 Å². The normalized spacial score (nSPS) is 27.1. The Morgan fingerprint density at radius 3 is 2.75 bits per heavy atom. The van der Waals surface area contributed by atoms with E-state index in [9.17, 15) is 9.90 Å². The summed E-state index contributed by atoms with van der Waals surface area (Å²) < 4.78 is 11.6. The molecular formula is C32H46N4O4. The molecule has 1 amide bonds. The summed E-state index contributed by atoms with van der Waals surface area (Å²) in [6.45, 7) is 15.1. The number of aliphatic hydroxyl groups excluding tert-OH is 1. The molecule has 1 spiro atoms. The SMILES string of the molecule is CCOc1ccccc1-c1ccc2c(n1)CN(C[C@H]1C[C@H](O)CN1C(=O)OC(C)(C)C)C[C@]21CCNC[C@H]1CC. The quantitative estimate of drug-likeness (QED) is 0.544. The lowest BCUT2D eigenvalue weighted by Gasteiger charge is -2.51. The minimum Gasteiger partial charge on any atom is -0.493 e. The molecule has 8 heteroatoms. The zero-order chi connectivity index (χ0) is 28.5. The Hall–Kier alpha value is -2.68. The molecule has 40 heavy (non-hydrogen) atoms. The number of benzene rings is 1. The van der Waals surface area contributed by atoms with E-state index < -0.39 is 11.7 Å². The first kappa shape index (κ1) is 28.8. The second-order valence-electron chi connectivity index (χ2n) is 12.7. The number of β-amino-alcohol motifs (C(OH)–C–C–N with tert-alkyl or cyclic N) is 1. The maximum Gasteiger partial charge on any atom is 0.410 e. The Balaban J connectivity index is 1.49. The van der Waals surface area contributed by atoms with Crippen LogP contribution in [-0.4, -0.2) is 83.1 Å². The molecule has 4 heterocycles. The average molecular weight is 551 g/mol. The topological polar surface area (TPSA) is 87.2 Å². The number of para-hydroxylation sites is 1. The molecule has 8 nitrogen and oxygen atoms in total. The van der Waals surface area contributed by atoms with Crippen LogP contribution in [0.3, 0.4) is 0 Å². The van der Waals surface area contributed by atoms with E-state index in [0.29, 0.717) is 38.6 Å². The van der Waals surface area contributed by atoms with Crippen molar-refractivity contribution in [3.63, 3.8) is 0 Å². The minimum absolute atomic E-state index is 0.00742. The summed E-state index contributed by atoms with van der Waals surface area (Å²) in [5, 5.41) is 14.2. The van der Waals surface area contributed by atoms with Gasteiger partial charge in [0, 0.05) is 30.6 Å². The third-order valence-electron chi connectivity index (χ3n) is 8.75. The molecule has 0 radical (unpaired) electrons. The molecule has 0 unspecified atom stereocenters. The summed E-state index contributed by atoms with van der Waals surface area (Å²) in [5.41, 5.74) is 3.82. The molecular weight excluding hydrogens is 504 g/mol. The van der Waals surface area contributed by atoms with Crippen molar-refractivity contribution in [1.82, 2.24) is 20.1 Å². The van der Waals surface area contributed by atoms with Crippen LogP contribution in [0, 0.1) is 5.92 Å². The van der Waals surface area contributed by atoms with Gasteiger partial charge in [-0.05, 0) is 83.3 Å². The zero-order valence-corrected chi connectivity index (χ0v) is 24.8. The van der Waals surface area contributed by atoms with Crippen molar-refractivity contribution in [1.29, 1.82) is 0 Å². The molecule has 1 aromatic heterocycles. The molecule has 218 valence electrons. The molecule has 0 bridgehead atoms.